The van der Waals surface area contributed by atoms with Crippen LogP contribution in [0.15, 0.2) is 35.3 Å². The Balaban J connectivity index is 5.09. The molecule has 0 saturated heterocycles. The third kappa shape index (κ3) is 11.7. The van der Waals surface area contributed by atoms with Gasteiger partial charge in [0.2, 0.25) is 17.1 Å². The van der Waals surface area contributed by atoms with E-state index in [1.807, 2.05) is 6.92 Å². The summed E-state index contributed by atoms with van der Waals surface area (Å²) < 4.78 is 0. The molecule has 0 unspecified atom stereocenters. The van der Waals surface area contributed by atoms with Crippen LogP contribution in [0, 0.1) is 30.3 Å². The molecule has 0 aliphatic rings. The van der Waals surface area contributed by atoms with Crippen molar-refractivity contribution in [1.82, 2.24) is 0 Å². The summed E-state index contributed by atoms with van der Waals surface area (Å²) in [6, 6.07) is 0. The van der Waals surface area contributed by atoms with E-state index < -0.39 is 14.8 Å². The zero-order valence-corrected chi connectivity index (χ0v) is 16.1. The van der Waals surface area contributed by atoms with Gasteiger partial charge in [-0.1, -0.05) is 19.8 Å². The van der Waals surface area contributed by atoms with Gasteiger partial charge < -0.3 is 4.79 Å². The van der Waals surface area contributed by atoms with Crippen LogP contribution in [0.5, 0.6) is 0 Å². The number of nitrogens with zero attached hydrogens (tertiary/aromatic N) is 3. The molecule has 0 aromatic heterocycles. The van der Waals surface area contributed by atoms with Crippen molar-refractivity contribution in [1.29, 1.82) is 0 Å². The lowest BCUT2D eigenvalue weighted by Gasteiger charge is -1.99. The number of rotatable bonds is 16. The van der Waals surface area contributed by atoms with Crippen molar-refractivity contribution in [3.8, 4) is 0 Å². The Hall–Kier alpha value is -2.91. The molecular formula is C18H27N3O7. The van der Waals surface area contributed by atoms with Crippen LogP contribution in [0.25, 0.3) is 0 Å². The molecule has 0 radical (unpaired) electrons. The lowest BCUT2D eigenvalue weighted by molar-refractivity contribution is -0.434. The number of unbranched alkanes of at least 4 members (excludes halogenated alkanes) is 5. The zero-order valence-electron chi connectivity index (χ0n) is 16.1. The molecule has 0 aromatic carbocycles. The minimum atomic E-state index is -0.685. The highest BCUT2D eigenvalue weighted by Gasteiger charge is 2.17. The quantitative estimate of drug-likeness (QED) is 0.160. The minimum absolute atomic E-state index is 0.101. The standard InChI is InChI=1S/C18H27N3O7/c1-2-3-4-6-9-16(19(23)24)11-13-18(21(27)28)14-12-17(20(25)26)10-7-5-8-15-22/h9,12-13,15H,2-8,10-11,14H2,1H3. The van der Waals surface area contributed by atoms with Crippen molar-refractivity contribution < 1.29 is 19.6 Å². The van der Waals surface area contributed by atoms with Gasteiger partial charge in [0, 0.05) is 12.8 Å². The van der Waals surface area contributed by atoms with E-state index in [2.05, 4.69) is 0 Å². The molecule has 0 saturated carbocycles. The Bertz CT molecular complexity index is 639. The van der Waals surface area contributed by atoms with Gasteiger partial charge in [0.05, 0.1) is 27.6 Å². The van der Waals surface area contributed by atoms with Gasteiger partial charge in [-0.3, -0.25) is 30.3 Å². The van der Waals surface area contributed by atoms with E-state index in [0.29, 0.717) is 25.7 Å². The molecular weight excluding hydrogens is 370 g/mol. The summed E-state index contributed by atoms with van der Waals surface area (Å²) in [6.45, 7) is 2.01. The number of carbonyl (C=O) groups excluding carboxylic acids is 1. The zero-order chi connectivity index (χ0) is 21.4. The first kappa shape index (κ1) is 25.1. The fraction of sp³-hybridized carbons (Fsp3) is 0.611. The van der Waals surface area contributed by atoms with E-state index in [-0.39, 0.29) is 36.4 Å². The average Bonchev–Trinajstić information content (AvgIpc) is 2.63. The molecule has 0 aliphatic heterocycles. The third-order valence-corrected chi connectivity index (χ3v) is 3.99. The summed E-state index contributed by atoms with van der Waals surface area (Å²) in [4.78, 5) is 41.7. The van der Waals surface area contributed by atoms with E-state index in [1.54, 1.807) is 0 Å². The van der Waals surface area contributed by atoms with Crippen LogP contribution in [0.4, 0.5) is 0 Å². The number of nitro groups is 3. The maximum atomic E-state index is 11.2. The third-order valence-electron chi connectivity index (χ3n) is 3.99. The van der Waals surface area contributed by atoms with Gasteiger partial charge in [-0.15, -0.1) is 0 Å². The smallest absolute Gasteiger partial charge is 0.246 e. The summed E-state index contributed by atoms with van der Waals surface area (Å²) in [5.41, 5.74) is -0.611. The highest BCUT2D eigenvalue weighted by Crippen LogP contribution is 2.16. The van der Waals surface area contributed by atoms with Crippen molar-refractivity contribution >= 4 is 6.29 Å². The van der Waals surface area contributed by atoms with Crippen LogP contribution in [0.1, 0.15) is 71.1 Å². The Kier molecular flexibility index (Phi) is 13.6. The van der Waals surface area contributed by atoms with Crippen LogP contribution in [0.2, 0.25) is 0 Å². The molecule has 0 rings (SSSR count). The Morgan fingerprint density at radius 1 is 0.714 bits per heavy atom. The Morgan fingerprint density at radius 2 is 1.21 bits per heavy atom. The van der Waals surface area contributed by atoms with Crippen molar-refractivity contribution in [3.05, 3.63) is 65.7 Å². The van der Waals surface area contributed by atoms with Gasteiger partial charge in [-0.05, 0) is 43.9 Å². The van der Waals surface area contributed by atoms with Gasteiger partial charge in [-0.25, -0.2) is 0 Å². The SMILES string of the molecule is CCCCCC=C(CC=C(CC=C(CCCCC=O)[N+](=O)[O-])[N+](=O)[O-])[N+](=O)[O-]. The molecule has 10 heteroatoms. The largest absolute Gasteiger partial charge is 0.303 e. The van der Waals surface area contributed by atoms with Crippen LogP contribution in [-0.2, 0) is 4.79 Å². The monoisotopic (exact) mass is 397 g/mol. The molecule has 0 bridgehead atoms. The van der Waals surface area contributed by atoms with Crippen LogP contribution in [-0.4, -0.2) is 21.1 Å². The maximum absolute atomic E-state index is 11.2. The fourth-order valence-corrected chi connectivity index (χ4v) is 2.37. The molecule has 0 atom stereocenters. The second-order valence-corrected chi connectivity index (χ2v) is 6.17. The molecule has 10 nitrogen and oxygen atoms in total. The number of hydrogen-bond donors (Lipinski definition) is 0. The first-order valence-electron chi connectivity index (χ1n) is 9.27. The molecule has 0 heterocycles. The normalized spacial score (nSPS) is 12.7. The second kappa shape index (κ2) is 15.2. The predicted octanol–water partition coefficient (Wildman–Crippen LogP) is 4.59. The van der Waals surface area contributed by atoms with Crippen molar-refractivity contribution in [2.45, 2.75) is 71.1 Å². The van der Waals surface area contributed by atoms with E-state index in [0.717, 1.165) is 37.7 Å². The summed E-state index contributed by atoms with van der Waals surface area (Å²) in [5, 5.41) is 33.3. The molecule has 0 fully saturated rings. The topological polar surface area (TPSA) is 146 Å². The highest BCUT2D eigenvalue weighted by molar-refractivity contribution is 5.48. The number of carbonyl (C=O) groups is 1. The average molecular weight is 397 g/mol. The molecule has 0 amide bonds. The lowest BCUT2D eigenvalue weighted by Crippen LogP contribution is -2.04. The number of allylic oxidation sites excluding steroid dienone is 4. The maximum Gasteiger partial charge on any atom is 0.246 e. The Labute approximate surface area is 163 Å². The van der Waals surface area contributed by atoms with Crippen LogP contribution >= 0.6 is 0 Å². The number of aldehydes is 1. The summed E-state index contributed by atoms with van der Waals surface area (Å²) in [6.07, 6.45) is 8.57. The van der Waals surface area contributed by atoms with E-state index in [9.17, 15) is 35.1 Å². The lowest BCUT2D eigenvalue weighted by atomic mass is 10.1. The second-order valence-electron chi connectivity index (χ2n) is 6.17. The molecule has 156 valence electrons. The first-order chi connectivity index (χ1) is 13.3. The predicted molar refractivity (Wildman–Crippen MR) is 103 cm³/mol. The molecule has 0 N–H and O–H groups in total. The first-order valence-corrected chi connectivity index (χ1v) is 9.27. The fourth-order valence-electron chi connectivity index (χ4n) is 2.37. The molecule has 28 heavy (non-hydrogen) atoms. The van der Waals surface area contributed by atoms with E-state index >= 15 is 0 Å². The van der Waals surface area contributed by atoms with Gasteiger partial charge in [0.1, 0.15) is 6.29 Å². The van der Waals surface area contributed by atoms with Gasteiger partial charge in [0.25, 0.3) is 0 Å². The Morgan fingerprint density at radius 3 is 1.71 bits per heavy atom. The minimum Gasteiger partial charge on any atom is -0.303 e. The molecule has 0 spiro atoms. The molecule has 0 aliphatic carbocycles. The van der Waals surface area contributed by atoms with E-state index in [1.165, 1.54) is 6.08 Å². The van der Waals surface area contributed by atoms with Gasteiger partial charge in [0.15, 0.2) is 0 Å². The highest BCUT2D eigenvalue weighted by atomic mass is 16.6. The summed E-state index contributed by atoms with van der Waals surface area (Å²) in [5.74, 6) is 0. The van der Waals surface area contributed by atoms with Crippen LogP contribution < -0.4 is 0 Å². The van der Waals surface area contributed by atoms with Crippen molar-refractivity contribution in [2.24, 2.45) is 0 Å². The van der Waals surface area contributed by atoms with E-state index in [4.69, 9.17) is 0 Å². The van der Waals surface area contributed by atoms with Gasteiger partial charge >= 0.3 is 0 Å². The van der Waals surface area contributed by atoms with Crippen LogP contribution in [0.3, 0.4) is 0 Å². The van der Waals surface area contributed by atoms with Crippen molar-refractivity contribution in [2.75, 3.05) is 0 Å². The van der Waals surface area contributed by atoms with Crippen molar-refractivity contribution in [3.63, 3.8) is 0 Å². The molecule has 0 aromatic rings. The summed E-state index contributed by atoms with van der Waals surface area (Å²) >= 11 is 0. The summed E-state index contributed by atoms with van der Waals surface area (Å²) in [7, 11) is 0. The number of hydrogen-bond acceptors (Lipinski definition) is 7. The van der Waals surface area contributed by atoms with Gasteiger partial charge in [-0.2, -0.15) is 0 Å².